The van der Waals surface area contributed by atoms with E-state index in [9.17, 15) is 4.79 Å². The molecule has 1 aromatic carbocycles. The average molecular weight is 327 g/mol. The van der Waals surface area contributed by atoms with Crippen molar-refractivity contribution in [1.29, 1.82) is 0 Å². The Morgan fingerprint density at radius 3 is 2.90 bits per heavy atom. The van der Waals surface area contributed by atoms with Gasteiger partial charge in [-0.3, -0.25) is 4.79 Å². The Morgan fingerprint density at radius 1 is 1.38 bits per heavy atom. The first-order valence-corrected chi connectivity index (χ1v) is 8.74. The Morgan fingerprint density at radius 2 is 2.19 bits per heavy atom. The fraction of sp³-hybridized carbons (Fsp3) is 0.533. The van der Waals surface area contributed by atoms with E-state index in [1.165, 1.54) is 0 Å². The molecule has 0 saturated carbocycles. The quantitative estimate of drug-likeness (QED) is 0.902. The van der Waals surface area contributed by atoms with Crippen LogP contribution in [-0.4, -0.2) is 54.6 Å². The Labute approximate surface area is 134 Å². The number of amides is 1. The highest BCUT2D eigenvalue weighted by atomic mass is 35.5. The molecule has 2 aliphatic heterocycles. The molecule has 4 nitrogen and oxygen atoms in total. The van der Waals surface area contributed by atoms with Gasteiger partial charge in [0.1, 0.15) is 6.10 Å². The number of nitrogens with zero attached hydrogens (tertiary/aromatic N) is 1. The fourth-order valence-electron chi connectivity index (χ4n) is 2.67. The molecule has 0 aliphatic carbocycles. The molecule has 6 heteroatoms. The maximum absolute atomic E-state index is 12.6. The highest BCUT2D eigenvalue weighted by Gasteiger charge is 2.30. The van der Waals surface area contributed by atoms with E-state index in [1.54, 1.807) is 0 Å². The van der Waals surface area contributed by atoms with Crippen molar-refractivity contribution in [3.05, 3.63) is 34.9 Å². The molecule has 2 atom stereocenters. The first-order chi connectivity index (χ1) is 10.2. The molecular formula is C15H19ClN2O2S. The summed E-state index contributed by atoms with van der Waals surface area (Å²) in [5, 5.41) is 4.02. The van der Waals surface area contributed by atoms with E-state index in [4.69, 9.17) is 16.3 Å². The molecule has 0 spiro atoms. The second-order valence-electron chi connectivity index (χ2n) is 5.28. The molecule has 1 aromatic rings. The van der Waals surface area contributed by atoms with Crippen molar-refractivity contribution in [3.8, 4) is 0 Å². The summed E-state index contributed by atoms with van der Waals surface area (Å²) in [6.07, 6.45) is -0.0591. The van der Waals surface area contributed by atoms with E-state index in [0.717, 1.165) is 23.6 Å². The van der Waals surface area contributed by atoms with E-state index >= 15 is 0 Å². The van der Waals surface area contributed by atoms with Gasteiger partial charge >= 0.3 is 0 Å². The molecule has 1 N–H and O–H groups in total. The zero-order chi connectivity index (χ0) is 14.7. The maximum atomic E-state index is 12.6. The third kappa shape index (κ3) is 3.72. The van der Waals surface area contributed by atoms with Crippen LogP contribution in [0.1, 0.15) is 11.7 Å². The highest BCUT2D eigenvalue weighted by molar-refractivity contribution is 7.99. The van der Waals surface area contributed by atoms with Gasteiger partial charge in [0.05, 0.1) is 19.2 Å². The Hall–Kier alpha value is -0.750. The molecule has 2 aliphatic rings. The fourth-order valence-corrected chi connectivity index (χ4v) is 3.72. The molecule has 1 amide bonds. The van der Waals surface area contributed by atoms with Gasteiger partial charge in [0.15, 0.2) is 0 Å². The van der Waals surface area contributed by atoms with E-state index in [2.05, 4.69) is 5.32 Å². The van der Waals surface area contributed by atoms with E-state index in [0.29, 0.717) is 24.7 Å². The summed E-state index contributed by atoms with van der Waals surface area (Å²) in [4.78, 5) is 14.5. The van der Waals surface area contributed by atoms with Crippen molar-refractivity contribution in [1.82, 2.24) is 10.2 Å². The number of hydrogen-bond donors (Lipinski definition) is 1. The lowest BCUT2D eigenvalue weighted by molar-refractivity contribution is -0.140. The minimum atomic E-state index is -0.0591. The number of thioether (sulfide) groups is 1. The number of nitrogens with one attached hydrogen (secondary N) is 1. The Bertz CT molecular complexity index is 491. The molecule has 2 unspecified atom stereocenters. The van der Waals surface area contributed by atoms with Gasteiger partial charge in [-0.15, -0.1) is 0 Å². The summed E-state index contributed by atoms with van der Waals surface area (Å²) in [5.41, 5.74) is 1.07. The molecule has 0 aromatic heterocycles. The normalized spacial score (nSPS) is 26.6. The molecule has 114 valence electrons. The molecule has 3 rings (SSSR count). The zero-order valence-corrected chi connectivity index (χ0v) is 13.3. The van der Waals surface area contributed by atoms with Crippen LogP contribution in [0.4, 0.5) is 0 Å². The maximum Gasteiger partial charge on any atom is 0.240 e. The highest BCUT2D eigenvalue weighted by Crippen LogP contribution is 2.24. The average Bonchev–Trinajstić information content (AvgIpc) is 2.56. The lowest BCUT2D eigenvalue weighted by Gasteiger charge is -2.36. The van der Waals surface area contributed by atoms with Crippen LogP contribution >= 0.6 is 23.4 Å². The van der Waals surface area contributed by atoms with Crippen LogP contribution in [-0.2, 0) is 9.53 Å². The van der Waals surface area contributed by atoms with Crippen LogP contribution in [0.3, 0.4) is 0 Å². The van der Waals surface area contributed by atoms with Gasteiger partial charge in [0.2, 0.25) is 5.91 Å². The molecule has 21 heavy (non-hydrogen) atoms. The minimum Gasteiger partial charge on any atom is -0.370 e. The number of hydrogen-bond acceptors (Lipinski definition) is 4. The van der Waals surface area contributed by atoms with Crippen LogP contribution in [0.15, 0.2) is 24.3 Å². The largest absolute Gasteiger partial charge is 0.370 e. The lowest BCUT2D eigenvalue weighted by Crippen LogP contribution is -2.53. The SMILES string of the molecule is O=C(C1CSCCN1)N1CCOC(c2ccc(Cl)cc2)C1. The predicted molar refractivity (Wildman–Crippen MR) is 85.8 cm³/mol. The minimum absolute atomic E-state index is 0.0484. The summed E-state index contributed by atoms with van der Waals surface area (Å²) in [5.74, 6) is 2.15. The first-order valence-electron chi connectivity index (χ1n) is 7.21. The zero-order valence-electron chi connectivity index (χ0n) is 11.8. The molecule has 2 saturated heterocycles. The standard InChI is InChI=1S/C15H19ClN2O2S/c16-12-3-1-11(2-4-12)14-9-18(6-7-20-14)15(19)13-10-21-8-5-17-13/h1-4,13-14,17H,5-10H2. The lowest BCUT2D eigenvalue weighted by atomic mass is 10.1. The number of halogens is 1. The van der Waals surface area contributed by atoms with Gasteiger partial charge in [-0.2, -0.15) is 11.8 Å². The smallest absolute Gasteiger partial charge is 0.240 e. The molecular weight excluding hydrogens is 308 g/mol. The number of carbonyl (C=O) groups is 1. The first kappa shape index (κ1) is 15.2. The van der Waals surface area contributed by atoms with Crippen molar-refractivity contribution in [2.75, 3.05) is 37.7 Å². The van der Waals surface area contributed by atoms with E-state index < -0.39 is 0 Å². The monoisotopic (exact) mass is 326 g/mol. The van der Waals surface area contributed by atoms with Gasteiger partial charge in [-0.1, -0.05) is 23.7 Å². The molecule has 2 heterocycles. The van der Waals surface area contributed by atoms with Gasteiger partial charge < -0.3 is 15.0 Å². The molecule has 0 radical (unpaired) electrons. The molecule has 0 bridgehead atoms. The summed E-state index contributed by atoms with van der Waals surface area (Å²) < 4.78 is 5.81. The van der Waals surface area contributed by atoms with Crippen LogP contribution in [0.5, 0.6) is 0 Å². The number of rotatable bonds is 2. The summed E-state index contributed by atoms with van der Waals surface area (Å²) in [6.45, 7) is 2.78. The number of ether oxygens (including phenoxy) is 1. The van der Waals surface area contributed by atoms with Gasteiger partial charge in [0, 0.05) is 29.6 Å². The van der Waals surface area contributed by atoms with Crippen molar-refractivity contribution in [2.24, 2.45) is 0 Å². The van der Waals surface area contributed by atoms with Crippen LogP contribution < -0.4 is 5.32 Å². The number of carbonyl (C=O) groups excluding carboxylic acids is 1. The van der Waals surface area contributed by atoms with Crippen molar-refractivity contribution < 1.29 is 9.53 Å². The predicted octanol–water partition coefficient (Wildman–Crippen LogP) is 1.94. The Kier molecular flexibility index (Phi) is 5.06. The summed E-state index contributed by atoms with van der Waals surface area (Å²) >= 11 is 7.75. The number of benzene rings is 1. The van der Waals surface area contributed by atoms with E-state index in [-0.39, 0.29) is 18.1 Å². The third-order valence-corrected chi connectivity index (χ3v) is 5.15. The van der Waals surface area contributed by atoms with Crippen molar-refractivity contribution in [2.45, 2.75) is 12.1 Å². The third-order valence-electron chi connectivity index (χ3n) is 3.84. The summed E-state index contributed by atoms with van der Waals surface area (Å²) in [6, 6.07) is 7.61. The Balaban J connectivity index is 1.64. The van der Waals surface area contributed by atoms with Crippen LogP contribution in [0.2, 0.25) is 5.02 Å². The second-order valence-corrected chi connectivity index (χ2v) is 6.86. The van der Waals surface area contributed by atoms with Crippen molar-refractivity contribution in [3.63, 3.8) is 0 Å². The topological polar surface area (TPSA) is 41.6 Å². The second kappa shape index (κ2) is 7.01. The van der Waals surface area contributed by atoms with E-state index in [1.807, 2.05) is 40.9 Å². The van der Waals surface area contributed by atoms with Crippen LogP contribution in [0.25, 0.3) is 0 Å². The summed E-state index contributed by atoms with van der Waals surface area (Å²) in [7, 11) is 0. The van der Waals surface area contributed by atoms with Gasteiger partial charge in [-0.05, 0) is 17.7 Å². The molecule has 2 fully saturated rings. The van der Waals surface area contributed by atoms with Crippen molar-refractivity contribution >= 4 is 29.3 Å². The van der Waals surface area contributed by atoms with Crippen LogP contribution in [0, 0.1) is 0 Å². The number of morpholine rings is 1. The van der Waals surface area contributed by atoms with Gasteiger partial charge in [-0.25, -0.2) is 0 Å². The van der Waals surface area contributed by atoms with Gasteiger partial charge in [0.25, 0.3) is 0 Å².